The fourth-order valence-corrected chi connectivity index (χ4v) is 3.69. The molecule has 1 aliphatic heterocycles. The lowest BCUT2D eigenvalue weighted by molar-refractivity contribution is -0.125. The number of hydrogen-bond donors (Lipinski definition) is 0. The second-order valence-electron chi connectivity index (χ2n) is 6.81. The molecule has 2 heterocycles. The maximum absolute atomic E-state index is 13.1. The first-order chi connectivity index (χ1) is 12.9. The van der Waals surface area contributed by atoms with Gasteiger partial charge in [0.15, 0.2) is 11.9 Å². The van der Waals surface area contributed by atoms with Gasteiger partial charge >= 0.3 is 0 Å². The van der Waals surface area contributed by atoms with Crippen molar-refractivity contribution in [3.8, 4) is 5.75 Å². The maximum Gasteiger partial charge on any atom is 0.267 e. The molecule has 6 heteroatoms. The molecular formula is C21H19ClN2O3. The summed E-state index contributed by atoms with van der Waals surface area (Å²) in [5.74, 6) is 0.438. The van der Waals surface area contributed by atoms with Gasteiger partial charge in [0.2, 0.25) is 0 Å². The summed E-state index contributed by atoms with van der Waals surface area (Å²) in [4.78, 5) is 26.8. The molecule has 0 fully saturated rings. The van der Waals surface area contributed by atoms with E-state index in [9.17, 15) is 9.59 Å². The van der Waals surface area contributed by atoms with Crippen LogP contribution in [0.2, 0.25) is 5.02 Å². The topological polar surface area (TPSA) is 51.5 Å². The van der Waals surface area contributed by atoms with Gasteiger partial charge in [0.1, 0.15) is 5.75 Å². The number of aromatic nitrogens is 1. The lowest BCUT2D eigenvalue weighted by Crippen LogP contribution is -2.42. The Morgan fingerprint density at radius 3 is 2.74 bits per heavy atom. The standard InChI is InChI=1S/C21H19ClN2O3/c1-12(24-9-8-14-10-16(22)5-6-17(14)24)20(25)15-4-7-19-18(11-15)23(3)21(26)13(2)27-19/h4-13H,1-3H3. The monoisotopic (exact) mass is 382 g/mol. The van der Waals surface area contributed by atoms with E-state index in [-0.39, 0.29) is 11.7 Å². The Kier molecular flexibility index (Phi) is 4.19. The number of rotatable bonds is 3. The summed E-state index contributed by atoms with van der Waals surface area (Å²) in [7, 11) is 1.70. The molecule has 1 aliphatic rings. The molecule has 1 aromatic heterocycles. The van der Waals surface area contributed by atoms with Gasteiger partial charge in [-0.15, -0.1) is 0 Å². The maximum atomic E-state index is 13.1. The van der Waals surface area contributed by atoms with Crippen LogP contribution >= 0.6 is 11.6 Å². The van der Waals surface area contributed by atoms with Gasteiger partial charge in [0, 0.05) is 34.7 Å². The predicted octanol–water partition coefficient (Wildman–Crippen LogP) is 4.48. The number of fused-ring (bicyclic) bond motifs is 2. The van der Waals surface area contributed by atoms with Gasteiger partial charge in [0.25, 0.3) is 5.91 Å². The number of nitrogens with zero attached hydrogens (tertiary/aromatic N) is 2. The molecule has 138 valence electrons. The molecule has 2 atom stereocenters. The fraction of sp³-hybridized carbons (Fsp3) is 0.238. The van der Waals surface area contributed by atoms with Gasteiger partial charge < -0.3 is 14.2 Å². The zero-order valence-corrected chi connectivity index (χ0v) is 16.0. The van der Waals surface area contributed by atoms with Crippen molar-refractivity contribution >= 4 is 39.9 Å². The van der Waals surface area contributed by atoms with E-state index < -0.39 is 12.1 Å². The van der Waals surface area contributed by atoms with E-state index in [1.54, 1.807) is 32.2 Å². The van der Waals surface area contributed by atoms with E-state index in [0.717, 1.165) is 10.9 Å². The van der Waals surface area contributed by atoms with E-state index in [1.807, 2.05) is 42.0 Å². The van der Waals surface area contributed by atoms with Crippen LogP contribution in [0.3, 0.4) is 0 Å². The molecule has 2 aromatic carbocycles. The van der Waals surface area contributed by atoms with Crippen molar-refractivity contribution in [2.45, 2.75) is 26.0 Å². The highest BCUT2D eigenvalue weighted by Crippen LogP contribution is 2.35. The van der Waals surface area contributed by atoms with Crippen molar-refractivity contribution in [2.75, 3.05) is 11.9 Å². The number of benzene rings is 2. The molecule has 0 aliphatic carbocycles. The van der Waals surface area contributed by atoms with Crippen molar-refractivity contribution in [3.05, 3.63) is 59.2 Å². The molecule has 27 heavy (non-hydrogen) atoms. The van der Waals surface area contributed by atoms with Crippen LogP contribution in [0.1, 0.15) is 30.2 Å². The van der Waals surface area contributed by atoms with Crippen molar-refractivity contribution in [2.24, 2.45) is 0 Å². The van der Waals surface area contributed by atoms with Crippen LogP contribution in [-0.4, -0.2) is 29.4 Å². The van der Waals surface area contributed by atoms with E-state index in [0.29, 0.717) is 22.0 Å². The molecule has 5 nitrogen and oxygen atoms in total. The van der Waals surface area contributed by atoms with Crippen LogP contribution in [0.15, 0.2) is 48.7 Å². The van der Waals surface area contributed by atoms with Gasteiger partial charge in [-0.05, 0) is 56.3 Å². The Balaban J connectivity index is 1.69. The third kappa shape index (κ3) is 2.88. The minimum Gasteiger partial charge on any atom is -0.479 e. The summed E-state index contributed by atoms with van der Waals surface area (Å²) >= 11 is 6.05. The Morgan fingerprint density at radius 2 is 1.96 bits per heavy atom. The SMILES string of the molecule is CC1Oc2ccc(C(=O)C(C)n3ccc4cc(Cl)ccc43)cc2N(C)C1=O. The molecule has 1 amide bonds. The van der Waals surface area contributed by atoms with E-state index in [4.69, 9.17) is 16.3 Å². The Morgan fingerprint density at radius 1 is 1.19 bits per heavy atom. The smallest absolute Gasteiger partial charge is 0.267 e. The van der Waals surface area contributed by atoms with E-state index in [2.05, 4.69) is 0 Å². The van der Waals surface area contributed by atoms with Crippen molar-refractivity contribution < 1.29 is 14.3 Å². The second kappa shape index (κ2) is 6.43. The average Bonchev–Trinajstić information content (AvgIpc) is 3.07. The zero-order chi connectivity index (χ0) is 19.3. The largest absolute Gasteiger partial charge is 0.479 e. The molecule has 2 unspecified atom stereocenters. The lowest BCUT2D eigenvalue weighted by Gasteiger charge is -2.30. The van der Waals surface area contributed by atoms with Crippen LogP contribution < -0.4 is 9.64 Å². The normalized spacial score (nSPS) is 17.6. The lowest BCUT2D eigenvalue weighted by atomic mass is 10.0. The van der Waals surface area contributed by atoms with E-state index in [1.165, 1.54) is 4.90 Å². The minimum atomic E-state index is -0.527. The number of likely N-dealkylation sites (N-methyl/N-ethyl adjacent to an activating group) is 1. The van der Waals surface area contributed by atoms with E-state index >= 15 is 0 Å². The van der Waals surface area contributed by atoms with Crippen molar-refractivity contribution in [3.63, 3.8) is 0 Å². The fourth-order valence-electron chi connectivity index (χ4n) is 3.50. The number of ketones is 1. The van der Waals surface area contributed by atoms with Gasteiger partial charge in [-0.2, -0.15) is 0 Å². The molecule has 0 N–H and O–H groups in total. The molecular weight excluding hydrogens is 364 g/mol. The number of carbonyl (C=O) groups is 2. The van der Waals surface area contributed by atoms with Gasteiger partial charge in [-0.3, -0.25) is 9.59 Å². The highest BCUT2D eigenvalue weighted by molar-refractivity contribution is 6.31. The van der Waals surface area contributed by atoms with Gasteiger partial charge in [0.05, 0.1) is 11.7 Å². The number of halogens is 1. The molecule has 3 aromatic rings. The predicted molar refractivity (Wildman–Crippen MR) is 106 cm³/mol. The summed E-state index contributed by atoms with van der Waals surface area (Å²) in [6.07, 6.45) is 1.36. The highest BCUT2D eigenvalue weighted by Gasteiger charge is 2.30. The second-order valence-corrected chi connectivity index (χ2v) is 7.24. The van der Waals surface area contributed by atoms with Crippen molar-refractivity contribution in [1.82, 2.24) is 4.57 Å². The first-order valence-electron chi connectivity index (χ1n) is 8.75. The molecule has 0 bridgehead atoms. The summed E-state index contributed by atoms with van der Waals surface area (Å²) < 4.78 is 7.56. The number of hydrogen-bond acceptors (Lipinski definition) is 3. The Labute approximate surface area is 162 Å². The third-order valence-corrected chi connectivity index (χ3v) is 5.30. The number of amides is 1. The number of carbonyl (C=O) groups excluding carboxylic acids is 2. The molecule has 0 radical (unpaired) electrons. The summed E-state index contributed by atoms with van der Waals surface area (Å²) in [6.45, 7) is 3.58. The van der Waals surface area contributed by atoms with Crippen LogP contribution in [0.4, 0.5) is 5.69 Å². The zero-order valence-electron chi connectivity index (χ0n) is 15.3. The Hall–Kier alpha value is -2.79. The molecule has 4 rings (SSSR count). The van der Waals surface area contributed by atoms with Gasteiger partial charge in [-0.25, -0.2) is 0 Å². The quantitative estimate of drug-likeness (QED) is 0.627. The van der Waals surface area contributed by atoms with Crippen LogP contribution in [0.5, 0.6) is 5.75 Å². The minimum absolute atomic E-state index is 0.0373. The molecule has 0 saturated carbocycles. The van der Waals surface area contributed by atoms with Crippen LogP contribution in [0, 0.1) is 0 Å². The highest BCUT2D eigenvalue weighted by atomic mass is 35.5. The molecule has 0 spiro atoms. The summed E-state index contributed by atoms with van der Waals surface area (Å²) in [6, 6.07) is 12.4. The molecule has 0 saturated heterocycles. The average molecular weight is 383 g/mol. The van der Waals surface area contributed by atoms with Crippen LogP contribution in [-0.2, 0) is 4.79 Å². The van der Waals surface area contributed by atoms with Crippen molar-refractivity contribution in [1.29, 1.82) is 0 Å². The number of Topliss-reactive ketones (excluding diaryl/α,β-unsaturated/α-hetero) is 1. The first kappa shape index (κ1) is 17.6. The number of anilines is 1. The van der Waals surface area contributed by atoms with Gasteiger partial charge in [-0.1, -0.05) is 11.6 Å². The van der Waals surface area contributed by atoms with Crippen LogP contribution in [0.25, 0.3) is 10.9 Å². The third-order valence-electron chi connectivity index (χ3n) is 5.07. The number of ether oxygens (including phenoxy) is 1. The first-order valence-corrected chi connectivity index (χ1v) is 9.13. The Bertz CT molecular complexity index is 1070. The summed E-state index contributed by atoms with van der Waals surface area (Å²) in [5.41, 5.74) is 2.10. The summed E-state index contributed by atoms with van der Waals surface area (Å²) in [5, 5.41) is 1.65.